The van der Waals surface area contributed by atoms with Crippen LogP contribution < -0.4 is 9.30 Å². The van der Waals surface area contributed by atoms with Gasteiger partial charge in [0.15, 0.2) is 0 Å². The molecule has 0 saturated carbocycles. The molecular formula is C54H38N4OPt-2. The zero-order valence-corrected chi connectivity index (χ0v) is 35.8. The summed E-state index contributed by atoms with van der Waals surface area (Å²) in [5.74, 6) is 2.04. The van der Waals surface area contributed by atoms with E-state index >= 15 is 0 Å². The summed E-state index contributed by atoms with van der Waals surface area (Å²) in [6, 6.07) is 61.9. The van der Waals surface area contributed by atoms with Crippen molar-refractivity contribution in [3.05, 3.63) is 204 Å². The first kappa shape index (κ1) is 36.5. The van der Waals surface area contributed by atoms with Gasteiger partial charge in [-0.25, -0.2) is 4.98 Å². The molecular weight excluding hydrogens is 916 g/mol. The van der Waals surface area contributed by atoms with Crippen LogP contribution in [0.2, 0.25) is 0 Å². The van der Waals surface area contributed by atoms with Crippen LogP contribution in [0, 0.1) is 18.5 Å². The predicted molar refractivity (Wildman–Crippen MR) is 235 cm³/mol. The molecule has 0 radical (unpaired) electrons. The number of hydrogen-bond acceptors (Lipinski definition) is 2. The van der Waals surface area contributed by atoms with Crippen LogP contribution >= 0.6 is 0 Å². The minimum absolute atomic E-state index is 0. The van der Waals surface area contributed by atoms with E-state index in [-0.39, 0.29) is 26.5 Å². The molecule has 60 heavy (non-hydrogen) atoms. The van der Waals surface area contributed by atoms with E-state index in [0.717, 1.165) is 49.9 Å². The Balaban J connectivity index is 0.00000408. The molecule has 6 heteroatoms. The average Bonchev–Trinajstić information content (AvgIpc) is 3.89. The van der Waals surface area contributed by atoms with Crippen molar-refractivity contribution in [3.63, 3.8) is 0 Å². The second-order valence-corrected chi connectivity index (χ2v) is 16.8. The molecule has 1 aliphatic heterocycles. The quantitative estimate of drug-likeness (QED) is 0.130. The zero-order valence-electron chi connectivity index (χ0n) is 33.5. The molecule has 0 amide bonds. The van der Waals surface area contributed by atoms with Crippen LogP contribution in [0.25, 0.3) is 66.6 Å². The van der Waals surface area contributed by atoms with Gasteiger partial charge >= 0.3 is 0 Å². The molecule has 4 heterocycles. The number of pyridine rings is 1. The van der Waals surface area contributed by atoms with Crippen LogP contribution in [0.3, 0.4) is 0 Å². The van der Waals surface area contributed by atoms with Crippen molar-refractivity contribution in [2.75, 3.05) is 0 Å². The van der Waals surface area contributed by atoms with Gasteiger partial charge in [0.05, 0.1) is 18.1 Å². The van der Waals surface area contributed by atoms with Crippen molar-refractivity contribution < 1.29 is 30.4 Å². The van der Waals surface area contributed by atoms with Crippen LogP contribution in [0.5, 0.6) is 11.5 Å². The normalized spacial score (nSPS) is 14.9. The number of benzene rings is 7. The smallest absolute Gasteiger partial charge is 0.242 e. The molecule has 1 aliphatic carbocycles. The van der Waals surface area contributed by atoms with Crippen molar-refractivity contribution in [2.45, 2.75) is 31.6 Å². The first-order valence-corrected chi connectivity index (χ1v) is 20.2. The van der Waals surface area contributed by atoms with Gasteiger partial charge in [0.25, 0.3) is 0 Å². The molecule has 1 atom stereocenters. The molecule has 5 nitrogen and oxygen atoms in total. The summed E-state index contributed by atoms with van der Waals surface area (Å²) in [5, 5.41) is 2.23. The van der Waals surface area contributed by atoms with Crippen LogP contribution in [0.1, 0.15) is 48.6 Å². The van der Waals surface area contributed by atoms with Gasteiger partial charge in [-0.2, -0.15) is 12.1 Å². The first-order chi connectivity index (χ1) is 28.8. The van der Waals surface area contributed by atoms with Gasteiger partial charge in [-0.1, -0.05) is 141 Å². The fourth-order valence-electron chi connectivity index (χ4n) is 9.97. The number of fused-ring (bicyclic) bond motifs is 12. The number of ether oxygens (including phenoxy) is 1. The molecule has 3 aromatic heterocycles. The number of nitrogens with zero attached hydrogens (tertiary/aromatic N) is 4. The van der Waals surface area contributed by atoms with E-state index in [0.29, 0.717) is 11.5 Å². The summed E-state index contributed by atoms with van der Waals surface area (Å²) >= 11 is 0. The monoisotopic (exact) mass is 953 g/mol. The third-order valence-corrected chi connectivity index (χ3v) is 12.5. The van der Waals surface area contributed by atoms with E-state index in [9.17, 15) is 0 Å². The van der Waals surface area contributed by atoms with E-state index in [1.807, 2.05) is 30.5 Å². The molecule has 1 spiro atoms. The second-order valence-electron chi connectivity index (χ2n) is 16.8. The van der Waals surface area contributed by atoms with Gasteiger partial charge in [0.2, 0.25) is 6.33 Å². The average molecular weight is 954 g/mol. The Morgan fingerprint density at radius 1 is 0.650 bits per heavy atom. The molecule has 0 fully saturated rings. The molecule has 0 bridgehead atoms. The maximum absolute atomic E-state index is 6.80. The van der Waals surface area contributed by atoms with Crippen LogP contribution in [-0.4, -0.2) is 14.1 Å². The summed E-state index contributed by atoms with van der Waals surface area (Å²) in [5.41, 5.74) is 15.6. The molecule has 0 saturated heterocycles. The van der Waals surface area contributed by atoms with E-state index in [1.54, 1.807) is 0 Å². The first-order valence-electron chi connectivity index (χ1n) is 20.2. The largest absolute Gasteiger partial charge is 0.510 e. The number of rotatable bonds is 4. The van der Waals surface area contributed by atoms with Gasteiger partial charge in [0, 0.05) is 49.7 Å². The Morgan fingerprint density at radius 2 is 1.42 bits per heavy atom. The van der Waals surface area contributed by atoms with Crippen LogP contribution in [0.4, 0.5) is 0 Å². The summed E-state index contributed by atoms with van der Waals surface area (Å²) in [4.78, 5) is 4.72. The van der Waals surface area contributed by atoms with E-state index in [1.165, 1.54) is 44.5 Å². The SMILES string of the molecule is C[n+]1[c-]n2c3c(cccc31)C1(c3ccc(Oc4[c-]c5c(cc4)c4ccccc4n5-c4ccccn4)[c-]c3-2)c2cc(C(C)(C)C)ccc2-c2cccc(-c3ccccc3)c21.[Pt]. The number of imidazole rings is 1. The second kappa shape index (κ2) is 13.2. The molecule has 12 rings (SSSR count). The zero-order chi connectivity index (χ0) is 39.6. The molecule has 7 aromatic carbocycles. The van der Waals surface area contributed by atoms with Crippen molar-refractivity contribution in [1.82, 2.24) is 14.1 Å². The van der Waals surface area contributed by atoms with Crippen LogP contribution in [-0.2, 0) is 38.9 Å². The van der Waals surface area contributed by atoms with Gasteiger partial charge in [0.1, 0.15) is 5.82 Å². The molecule has 1 unspecified atom stereocenters. The summed E-state index contributed by atoms with van der Waals surface area (Å²) in [7, 11) is 2.08. The third-order valence-electron chi connectivity index (χ3n) is 12.5. The number of aryl methyl sites for hydroxylation is 1. The minimum Gasteiger partial charge on any atom is -0.510 e. The van der Waals surface area contributed by atoms with Crippen molar-refractivity contribution in [2.24, 2.45) is 7.05 Å². The fourth-order valence-corrected chi connectivity index (χ4v) is 9.97. The maximum atomic E-state index is 6.80. The number of hydrogen-bond donors (Lipinski definition) is 0. The van der Waals surface area contributed by atoms with Crippen molar-refractivity contribution in [1.29, 1.82) is 0 Å². The molecule has 292 valence electrons. The Kier molecular flexibility index (Phi) is 8.05. The maximum Gasteiger partial charge on any atom is 0.242 e. The van der Waals surface area contributed by atoms with E-state index < -0.39 is 5.41 Å². The Morgan fingerprint density at radius 3 is 2.25 bits per heavy atom. The number of para-hydroxylation sites is 2. The Labute approximate surface area is 363 Å². The number of aromatic nitrogens is 4. The van der Waals surface area contributed by atoms with Crippen molar-refractivity contribution >= 4 is 32.8 Å². The molecule has 0 N–H and O–H groups in total. The summed E-state index contributed by atoms with van der Waals surface area (Å²) in [6.07, 6.45) is 5.50. The predicted octanol–water partition coefficient (Wildman–Crippen LogP) is 11.8. The molecule has 10 aromatic rings. The van der Waals surface area contributed by atoms with Crippen LogP contribution in [0.15, 0.2) is 158 Å². The topological polar surface area (TPSA) is 35.9 Å². The van der Waals surface area contributed by atoms with Gasteiger partial charge in [-0.15, -0.1) is 35.2 Å². The van der Waals surface area contributed by atoms with Gasteiger partial charge in [-0.3, -0.25) is 0 Å². The standard InChI is InChI=1S/C54H38N4O.Pt/c1-53(2,3)35-23-26-39-42-18-12-17-38(34-14-6-5-7-15-34)51(42)54(45(39)30-35)43-28-25-37(32-49(43)57-33-56(4)47-21-13-19-44(54)52(47)57)59-36-24-27-41-40-16-8-9-20-46(40)58(48(41)31-36)50-22-10-11-29-55-50;/h5-30H,1-4H3;/q-2;. The van der Waals surface area contributed by atoms with Gasteiger partial charge in [-0.05, 0) is 73.5 Å². The summed E-state index contributed by atoms with van der Waals surface area (Å²) < 4.78 is 13.3. The van der Waals surface area contributed by atoms with Gasteiger partial charge < -0.3 is 18.4 Å². The summed E-state index contributed by atoms with van der Waals surface area (Å²) in [6.45, 7) is 6.91. The Hall–Kier alpha value is -6.55. The minimum atomic E-state index is -0.661. The Bertz CT molecular complexity index is 3360. The third kappa shape index (κ3) is 5.02. The van der Waals surface area contributed by atoms with E-state index in [2.05, 4.69) is 187 Å². The fraction of sp³-hybridized carbons (Fsp3) is 0.111. The molecule has 2 aliphatic rings. The van der Waals surface area contributed by atoms with E-state index in [4.69, 9.17) is 9.72 Å². The van der Waals surface area contributed by atoms with Crippen molar-refractivity contribution in [3.8, 4) is 45.3 Å².